The van der Waals surface area contributed by atoms with Crippen LogP contribution in [-0.2, 0) is 4.74 Å². The Balaban J connectivity index is 2.17. The van der Waals surface area contributed by atoms with Crippen LogP contribution in [0.4, 0.5) is 10.5 Å². The molecule has 1 N–H and O–H groups in total. The van der Waals surface area contributed by atoms with Gasteiger partial charge in [0.1, 0.15) is 5.75 Å². The molecule has 0 aromatic heterocycles. The molecule has 5 nitrogen and oxygen atoms in total. The first-order valence-corrected chi connectivity index (χ1v) is 8.71. The van der Waals surface area contributed by atoms with Gasteiger partial charge >= 0.3 is 6.03 Å². The summed E-state index contributed by atoms with van der Waals surface area (Å²) in [5.74, 6) is 1.17. The second kappa shape index (κ2) is 8.02. The highest BCUT2D eigenvalue weighted by Crippen LogP contribution is 2.32. The molecule has 0 spiro atoms. The number of rotatable bonds is 4. The molecular formula is C17H25BrN2O3. The minimum Gasteiger partial charge on any atom is -0.495 e. The van der Waals surface area contributed by atoms with Gasteiger partial charge in [0.25, 0.3) is 0 Å². The van der Waals surface area contributed by atoms with Crippen molar-refractivity contribution in [3.05, 3.63) is 22.2 Å². The Kier molecular flexibility index (Phi) is 6.30. The Morgan fingerprint density at radius 3 is 2.91 bits per heavy atom. The lowest BCUT2D eigenvalue weighted by atomic mass is 10.0. The normalized spacial score (nSPS) is 18.2. The highest BCUT2D eigenvalue weighted by molar-refractivity contribution is 9.10. The summed E-state index contributed by atoms with van der Waals surface area (Å²) in [6.45, 7) is 8.06. The van der Waals surface area contributed by atoms with Crippen LogP contribution in [0.2, 0.25) is 0 Å². The number of methoxy groups -OCH3 is 1. The summed E-state index contributed by atoms with van der Waals surface area (Å²) >= 11 is 3.45. The fraction of sp³-hybridized carbons (Fsp3) is 0.588. The van der Waals surface area contributed by atoms with Crippen molar-refractivity contribution in [1.29, 1.82) is 0 Å². The van der Waals surface area contributed by atoms with Crippen LogP contribution in [0, 0.1) is 12.8 Å². The number of halogens is 1. The molecule has 2 amide bonds. The first-order chi connectivity index (χ1) is 10.9. The first-order valence-electron chi connectivity index (χ1n) is 7.92. The van der Waals surface area contributed by atoms with E-state index in [9.17, 15) is 4.79 Å². The van der Waals surface area contributed by atoms with Crippen LogP contribution >= 0.6 is 15.9 Å². The van der Waals surface area contributed by atoms with Crippen LogP contribution < -0.4 is 10.1 Å². The van der Waals surface area contributed by atoms with Gasteiger partial charge in [-0.25, -0.2) is 4.79 Å². The van der Waals surface area contributed by atoms with Gasteiger partial charge in [0.15, 0.2) is 0 Å². The lowest BCUT2D eigenvalue weighted by Gasteiger charge is -2.36. The summed E-state index contributed by atoms with van der Waals surface area (Å²) in [7, 11) is 1.60. The number of nitrogens with one attached hydrogen (secondary N) is 1. The Morgan fingerprint density at radius 1 is 1.52 bits per heavy atom. The average molecular weight is 385 g/mol. The maximum atomic E-state index is 12.8. The Bertz CT molecular complexity index is 563. The van der Waals surface area contributed by atoms with Crippen molar-refractivity contribution in [2.24, 2.45) is 5.92 Å². The molecule has 1 aromatic carbocycles. The molecule has 1 heterocycles. The lowest BCUT2D eigenvalue weighted by molar-refractivity contribution is 0.00856. The molecule has 6 heteroatoms. The molecule has 0 bridgehead atoms. The van der Waals surface area contributed by atoms with Crippen LogP contribution in [0.1, 0.15) is 25.8 Å². The molecule has 2 rings (SSSR count). The van der Waals surface area contributed by atoms with Crippen molar-refractivity contribution >= 4 is 27.6 Å². The van der Waals surface area contributed by atoms with Gasteiger partial charge in [-0.2, -0.15) is 0 Å². The Morgan fingerprint density at radius 2 is 2.26 bits per heavy atom. The van der Waals surface area contributed by atoms with E-state index in [4.69, 9.17) is 9.47 Å². The number of ether oxygens (including phenoxy) is 2. The predicted molar refractivity (Wildman–Crippen MR) is 95.2 cm³/mol. The largest absolute Gasteiger partial charge is 0.495 e. The topological polar surface area (TPSA) is 50.8 Å². The zero-order valence-electron chi connectivity index (χ0n) is 14.2. The molecule has 23 heavy (non-hydrogen) atoms. The third kappa shape index (κ3) is 4.61. The number of benzene rings is 1. The van der Waals surface area contributed by atoms with E-state index in [0.717, 1.165) is 22.1 Å². The van der Waals surface area contributed by atoms with Crippen molar-refractivity contribution < 1.29 is 14.3 Å². The van der Waals surface area contributed by atoms with E-state index in [1.165, 1.54) is 0 Å². The number of hydrogen-bond donors (Lipinski definition) is 1. The quantitative estimate of drug-likeness (QED) is 0.851. The van der Waals surface area contributed by atoms with Gasteiger partial charge in [-0.1, -0.05) is 29.8 Å². The van der Waals surface area contributed by atoms with Gasteiger partial charge in [-0.3, -0.25) is 0 Å². The number of carbonyl (C=O) groups is 1. The standard InChI is InChI=1S/C17H25BrN2O3/c1-11(2)7-14-10-23-6-5-20(14)17(21)19-16-12(3)8-13(18)9-15(16)22-4/h8-9,11,14H,5-7,10H2,1-4H3,(H,19,21). The molecule has 0 saturated carbocycles. The number of aryl methyl sites for hydroxylation is 1. The van der Waals surface area contributed by atoms with Crippen molar-refractivity contribution in [3.63, 3.8) is 0 Å². The predicted octanol–water partition coefficient (Wildman–Crippen LogP) is 4.04. The maximum absolute atomic E-state index is 12.8. The summed E-state index contributed by atoms with van der Waals surface area (Å²) in [6.07, 6.45) is 0.934. The number of urea groups is 1. The summed E-state index contributed by atoms with van der Waals surface area (Å²) in [4.78, 5) is 14.6. The second-order valence-corrected chi connectivity index (χ2v) is 7.20. The monoisotopic (exact) mass is 384 g/mol. The highest BCUT2D eigenvalue weighted by atomic mass is 79.9. The number of anilines is 1. The van der Waals surface area contributed by atoms with Crippen molar-refractivity contribution in [3.8, 4) is 5.75 Å². The summed E-state index contributed by atoms with van der Waals surface area (Å²) in [6, 6.07) is 3.84. The molecule has 128 valence electrons. The van der Waals surface area contributed by atoms with E-state index in [1.807, 2.05) is 24.0 Å². The van der Waals surface area contributed by atoms with E-state index >= 15 is 0 Å². The molecule has 1 unspecified atom stereocenters. The van der Waals surface area contributed by atoms with Crippen molar-refractivity contribution in [2.75, 3.05) is 32.2 Å². The third-order valence-corrected chi connectivity index (χ3v) is 4.41. The van der Waals surface area contributed by atoms with E-state index in [1.54, 1.807) is 7.11 Å². The minimum absolute atomic E-state index is 0.0947. The highest BCUT2D eigenvalue weighted by Gasteiger charge is 2.28. The number of amides is 2. The van der Waals surface area contributed by atoms with Gasteiger partial charge < -0.3 is 19.7 Å². The van der Waals surface area contributed by atoms with E-state index in [2.05, 4.69) is 35.1 Å². The summed E-state index contributed by atoms with van der Waals surface area (Å²) < 4.78 is 11.9. The van der Waals surface area contributed by atoms with E-state index in [0.29, 0.717) is 31.4 Å². The molecule has 1 aromatic rings. The Labute approximate surface area is 146 Å². The molecule has 1 aliphatic heterocycles. The molecular weight excluding hydrogens is 360 g/mol. The number of carbonyl (C=O) groups excluding carboxylic acids is 1. The molecule has 1 atom stereocenters. The van der Waals surface area contributed by atoms with Crippen LogP contribution in [0.5, 0.6) is 5.75 Å². The summed E-state index contributed by atoms with van der Waals surface area (Å²) in [5.41, 5.74) is 1.67. The van der Waals surface area contributed by atoms with Crippen molar-refractivity contribution in [2.45, 2.75) is 33.2 Å². The van der Waals surface area contributed by atoms with Crippen molar-refractivity contribution in [1.82, 2.24) is 4.90 Å². The number of morpholine rings is 1. The number of hydrogen-bond acceptors (Lipinski definition) is 3. The van der Waals surface area contributed by atoms with Gasteiger partial charge in [0, 0.05) is 11.0 Å². The molecule has 1 saturated heterocycles. The average Bonchev–Trinajstić information content (AvgIpc) is 2.49. The zero-order chi connectivity index (χ0) is 17.0. The maximum Gasteiger partial charge on any atom is 0.322 e. The van der Waals surface area contributed by atoms with Gasteiger partial charge in [-0.15, -0.1) is 0 Å². The number of nitrogens with zero attached hydrogens (tertiary/aromatic N) is 1. The smallest absolute Gasteiger partial charge is 0.322 e. The third-order valence-electron chi connectivity index (χ3n) is 3.95. The summed E-state index contributed by atoms with van der Waals surface area (Å²) in [5, 5.41) is 3.02. The van der Waals surface area contributed by atoms with Gasteiger partial charge in [-0.05, 0) is 37.0 Å². The SMILES string of the molecule is COc1cc(Br)cc(C)c1NC(=O)N1CCOCC1CC(C)C. The fourth-order valence-electron chi connectivity index (χ4n) is 2.87. The fourth-order valence-corrected chi connectivity index (χ4v) is 3.43. The molecule has 0 radical (unpaired) electrons. The second-order valence-electron chi connectivity index (χ2n) is 6.28. The molecule has 0 aliphatic carbocycles. The van der Waals surface area contributed by atoms with E-state index in [-0.39, 0.29) is 12.1 Å². The zero-order valence-corrected chi connectivity index (χ0v) is 15.8. The minimum atomic E-state index is -0.0947. The molecule has 1 fully saturated rings. The van der Waals surface area contributed by atoms with E-state index < -0.39 is 0 Å². The Hall–Kier alpha value is -1.27. The van der Waals surface area contributed by atoms with Crippen LogP contribution in [0.25, 0.3) is 0 Å². The van der Waals surface area contributed by atoms with Gasteiger partial charge in [0.2, 0.25) is 0 Å². The van der Waals surface area contributed by atoms with Crippen LogP contribution in [0.15, 0.2) is 16.6 Å². The van der Waals surface area contributed by atoms with Gasteiger partial charge in [0.05, 0.1) is 32.1 Å². The lowest BCUT2D eigenvalue weighted by Crippen LogP contribution is -2.50. The molecule has 1 aliphatic rings. The van der Waals surface area contributed by atoms with Crippen LogP contribution in [0.3, 0.4) is 0 Å². The first kappa shape index (κ1) is 18.1. The van der Waals surface area contributed by atoms with Crippen LogP contribution in [-0.4, -0.2) is 43.8 Å².